The number of rotatable bonds is 7. The van der Waals surface area contributed by atoms with Gasteiger partial charge in [-0.15, -0.1) is 0 Å². The number of hydrogen-bond acceptors (Lipinski definition) is 3. The van der Waals surface area contributed by atoms with Crippen molar-refractivity contribution in [2.45, 2.75) is 57.3 Å². The maximum absolute atomic E-state index is 12.9. The molecule has 1 aromatic carbocycles. The topological polar surface area (TPSA) is 57.7 Å². The van der Waals surface area contributed by atoms with Gasteiger partial charge in [0.05, 0.1) is 4.90 Å². The molecule has 2 rings (SSSR count). The lowest BCUT2D eigenvalue weighted by Gasteiger charge is -2.22. The first-order valence-corrected chi connectivity index (χ1v) is 10.8. The zero-order chi connectivity index (χ0) is 18.3. The molecule has 1 aliphatic rings. The van der Waals surface area contributed by atoms with Gasteiger partial charge in [0.25, 0.3) is 0 Å². The minimum Gasteiger partial charge on any atom is -0.341 e. The number of aryl methyl sites for hydroxylation is 1. The molecule has 140 valence electrons. The minimum atomic E-state index is -3.49. The van der Waals surface area contributed by atoms with E-state index >= 15 is 0 Å². The maximum atomic E-state index is 12.9. The summed E-state index contributed by atoms with van der Waals surface area (Å²) >= 11 is 0. The lowest BCUT2D eigenvalue weighted by atomic mass is 10.1. The van der Waals surface area contributed by atoms with Crippen LogP contribution in [-0.2, 0) is 21.2 Å². The van der Waals surface area contributed by atoms with Crippen LogP contribution in [0.3, 0.4) is 0 Å². The average molecular weight is 367 g/mol. The number of sulfonamides is 1. The first kappa shape index (κ1) is 19.9. The summed E-state index contributed by atoms with van der Waals surface area (Å²) in [6.45, 7) is 6.09. The van der Waals surface area contributed by atoms with E-state index in [4.69, 9.17) is 0 Å². The SMILES string of the molecule is CCCCc1ccc(S(=O)(=O)N2CCCN(C(=O)CCC)CC2)cc1. The van der Waals surface area contributed by atoms with E-state index in [1.165, 1.54) is 9.87 Å². The van der Waals surface area contributed by atoms with E-state index in [0.29, 0.717) is 43.9 Å². The molecule has 1 aromatic rings. The number of benzene rings is 1. The van der Waals surface area contributed by atoms with Gasteiger partial charge in [0.1, 0.15) is 0 Å². The molecule has 0 saturated carbocycles. The maximum Gasteiger partial charge on any atom is 0.243 e. The van der Waals surface area contributed by atoms with Crippen LogP contribution in [0.25, 0.3) is 0 Å². The van der Waals surface area contributed by atoms with Gasteiger partial charge in [0.2, 0.25) is 15.9 Å². The highest BCUT2D eigenvalue weighted by molar-refractivity contribution is 7.89. The fourth-order valence-electron chi connectivity index (χ4n) is 3.11. The summed E-state index contributed by atoms with van der Waals surface area (Å²) in [4.78, 5) is 14.2. The predicted octanol–water partition coefficient (Wildman–Crippen LogP) is 3.05. The lowest BCUT2D eigenvalue weighted by Crippen LogP contribution is -2.37. The van der Waals surface area contributed by atoms with E-state index in [1.54, 1.807) is 17.0 Å². The van der Waals surface area contributed by atoms with E-state index in [0.717, 1.165) is 25.7 Å². The van der Waals surface area contributed by atoms with Gasteiger partial charge >= 0.3 is 0 Å². The van der Waals surface area contributed by atoms with Crippen LogP contribution in [0.4, 0.5) is 0 Å². The molecule has 0 N–H and O–H groups in total. The van der Waals surface area contributed by atoms with Crippen molar-refractivity contribution in [1.29, 1.82) is 0 Å². The molecule has 1 heterocycles. The Hall–Kier alpha value is -1.40. The standard InChI is InChI=1S/C19H30N2O3S/c1-3-5-8-17-9-11-18(12-10-17)25(23,24)21-14-6-13-20(15-16-21)19(22)7-4-2/h9-12H,3-8,13-16H2,1-2H3. The van der Waals surface area contributed by atoms with Crippen molar-refractivity contribution in [2.24, 2.45) is 0 Å². The normalized spacial score (nSPS) is 16.6. The van der Waals surface area contributed by atoms with Gasteiger partial charge in [-0.2, -0.15) is 4.31 Å². The third kappa shape index (κ3) is 5.28. The van der Waals surface area contributed by atoms with E-state index < -0.39 is 10.0 Å². The minimum absolute atomic E-state index is 0.127. The molecule has 0 spiro atoms. The summed E-state index contributed by atoms with van der Waals surface area (Å²) in [6, 6.07) is 7.26. The van der Waals surface area contributed by atoms with Crippen LogP contribution in [0.5, 0.6) is 0 Å². The summed E-state index contributed by atoms with van der Waals surface area (Å²) in [5, 5.41) is 0. The highest BCUT2D eigenvalue weighted by atomic mass is 32.2. The quantitative estimate of drug-likeness (QED) is 0.745. The summed E-state index contributed by atoms with van der Waals surface area (Å²) in [6.07, 6.45) is 5.26. The Morgan fingerprint density at radius 1 is 1.00 bits per heavy atom. The van der Waals surface area contributed by atoms with E-state index in [-0.39, 0.29) is 5.91 Å². The molecule has 1 saturated heterocycles. The van der Waals surface area contributed by atoms with E-state index in [9.17, 15) is 13.2 Å². The molecule has 1 aliphatic heterocycles. The average Bonchev–Trinajstić information content (AvgIpc) is 2.87. The largest absolute Gasteiger partial charge is 0.341 e. The molecule has 0 aromatic heterocycles. The predicted molar refractivity (Wildman–Crippen MR) is 99.9 cm³/mol. The van der Waals surface area contributed by atoms with Crippen LogP contribution in [0.1, 0.15) is 51.5 Å². The summed E-state index contributed by atoms with van der Waals surface area (Å²) < 4.78 is 27.3. The Morgan fingerprint density at radius 2 is 1.72 bits per heavy atom. The Morgan fingerprint density at radius 3 is 2.36 bits per heavy atom. The van der Waals surface area contributed by atoms with Gasteiger partial charge in [-0.1, -0.05) is 32.4 Å². The van der Waals surface area contributed by atoms with Crippen molar-refractivity contribution >= 4 is 15.9 Å². The molecule has 0 radical (unpaired) electrons. The molecule has 0 unspecified atom stereocenters. The fraction of sp³-hybridized carbons (Fsp3) is 0.632. The third-order valence-electron chi connectivity index (χ3n) is 4.65. The van der Waals surface area contributed by atoms with Crippen LogP contribution in [-0.4, -0.2) is 49.7 Å². The van der Waals surface area contributed by atoms with Crippen LogP contribution < -0.4 is 0 Å². The molecule has 0 atom stereocenters. The van der Waals surface area contributed by atoms with Crippen LogP contribution in [0, 0.1) is 0 Å². The Kier molecular flexibility index (Phi) is 7.44. The number of hydrogen-bond donors (Lipinski definition) is 0. The summed E-state index contributed by atoms with van der Waals surface area (Å²) in [5.74, 6) is 0.127. The number of nitrogens with zero attached hydrogens (tertiary/aromatic N) is 2. The third-order valence-corrected chi connectivity index (χ3v) is 6.56. The van der Waals surface area contributed by atoms with Gasteiger partial charge in [0, 0.05) is 32.6 Å². The van der Waals surface area contributed by atoms with Crippen molar-refractivity contribution in [3.63, 3.8) is 0 Å². The first-order chi connectivity index (χ1) is 12.0. The molecule has 0 aliphatic carbocycles. The molecule has 25 heavy (non-hydrogen) atoms. The molecule has 1 amide bonds. The molecular formula is C19H30N2O3S. The number of carbonyl (C=O) groups excluding carboxylic acids is 1. The molecule has 6 heteroatoms. The molecule has 1 fully saturated rings. The Balaban J connectivity index is 2.05. The van der Waals surface area contributed by atoms with Crippen molar-refractivity contribution < 1.29 is 13.2 Å². The second-order valence-corrected chi connectivity index (χ2v) is 8.57. The zero-order valence-corrected chi connectivity index (χ0v) is 16.2. The fourth-order valence-corrected chi connectivity index (χ4v) is 4.58. The van der Waals surface area contributed by atoms with Crippen molar-refractivity contribution in [3.8, 4) is 0 Å². The highest BCUT2D eigenvalue weighted by Gasteiger charge is 2.27. The number of unbranched alkanes of at least 4 members (excludes halogenated alkanes) is 1. The highest BCUT2D eigenvalue weighted by Crippen LogP contribution is 2.19. The van der Waals surface area contributed by atoms with Crippen LogP contribution >= 0.6 is 0 Å². The monoisotopic (exact) mass is 366 g/mol. The van der Waals surface area contributed by atoms with Gasteiger partial charge in [-0.25, -0.2) is 8.42 Å². The van der Waals surface area contributed by atoms with Crippen LogP contribution in [0.15, 0.2) is 29.2 Å². The zero-order valence-electron chi connectivity index (χ0n) is 15.4. The number of amides is 1. The Labute approximate surface area is 152 Å². The number of carbonyl (C=O) groups is 1. The van der Waals surface area contributed by atoms with Gasteiger partial charge in [-0.3, -0.25) is 4.79 Å². The molecule has 5 nitrogen and oxygen atoms in total. The van der Waals surface area contributed by atoms with E-state index in [2.05, 4.69) is 6.92 Å². The van der Waals surface area contributed by atoms with E-state index in [1.807, 2.05) is 19.1 Å². The lowest BCUT2D eigenvalue weighted by molar-refractivity contribution is -0.131. The van der Waals surface area contributed by atoms with Crippen molar-refractivity contribution in [3.05, 3.63) is 29.8 Å². The summed E-state index contributed by atoms with van der Waals surface area (Å²) in [5.41, 5.74) is 1.17. The summed E-state index contributed by atoms with van der Waals surface area (Å²) in [7, 11) is -3.49. The first-order valence-electron chi connectivity index (χ1n) is 9.36. The van der Waals surface area contributed by atoms with Gasteiger partial charge in [-0.05, 0) is 43.4 Å². The van der Waals surface area contributed by atoms with Crippen molar-refractivity contribution in [2.75, 3.05) is 26.2 Å². The Bertz CT molecular complexity index is 656. The molecular weight excluding hydrogens is 336 g/mol. The van der Waals surface area contributed by atoms with Crippen LogP contribution in [0.2, 0.25) is 0 Å². The second-order valence-electron chi connectivity index (χ2n) is 6.64. The van der Waals surface area contributed by atoms with Crippen molar-refractivity contribution in [1.82, 2.24) is 9.21 Å². The second kappa shape index (κ2) is 9.34. The van der Waals surface area contributed by atoms with Gasteiger partial charge in [0.15, 0.2) is 0 Å². The molecule has 0 bridgehead atoms. The smallest absolute Gasteiger partial charge is 0.243 e. The van der Waals surface area contributed by atoms with Gasteiger partial charge < -0.3 is 4.90 Å².